The van der Waals surface area contributed by atoms with Crippen LogP contribution in [0.3, 0.4) is 0 Å². The van der Waals surface area contributed by atoms with E-state index in [9.17, 15) is 9.18 Å². The van der Waals surface area contributed by atoms with Gasteiger partial charge in [-0.2, -0.15) is 4.99 Å². The van der Waals surface area contributed by atoms with Gasteiger partial charge in [0, 0.05) is 13.7 Å². The van der Waals surface area contributed by atoms with E-state index >= 15 is 0 Å². The summed E-state index contributed by atoms with van der Waals surface area (Å²) in [6.07, 6.45) is 0. The lowest BCUT2D eigenvalue weighted by Gasteiger charge is -2.04. The van der Waals surface area contributed by atoms with Crippen molar-refractivity contribution in [3.63, 3.8) is 0 Å². The van der Waals surface area contributed by atoms with Crippen molar-refractivity contribution in [1.29, 1.82) is 0 Å². The molecule has 0 bridgehead atoms. The van der Waals surface area contributed by atoms with Crippen LogP contribution in [-0.4, -0.2) is 29.2 Å². The highest BCUT2D eigenvalue weighted by atomic mass is 32.1. The van der Waals surface area contributed by atoms with Gasteiger partial charge in [-0.25, -0.2) is 9.37 Å². The molecule has 0 saturated carbocycles. The topological polar surface area (TPSA) is 56.5 Å². The maximum absolute atomic E-state index is 14.2. The number of ether oxygens (including phenoxy) is 1. The standard InChI is InChI=1S/C16H16FN3O2S2/c1-9-14(23-10(2)18-9)15(21)19-16-20(7-8-22-3)13-11(17)5-4-6-12(13)24-16/h4-6H,7-8H2,1-3H3. The fourth-order valence-corrected chi connectivity index (χ4v) is 4.30. The molecule has 0 aliphatic carbocycles. The fraction of sp³-hybridized carbons (Fsp3) is 0.312. The summed E-state index contributed by atoms with van der Waals surface area (Å²) < 4.78 is 21.8. The van der Waals surface area contributed by atoms with Crippen LogP contribution in [0.4, 0.5) is 4.39 Å². The number of aromatic nitrogens is 2. The zero-order chi connectivity index (χ0) is 17.3. The monoisotopic (exact) mass is 365 g/mol. The summed E-state index contributed by atoms with van der Waals surface area (Å²) in [6.45, 7) is 4.46. The number of hydrogen-bond donors (Lipinski definition) is 0. The molecule has 0 fully saturated rings. The van der Waals surface area contributed by atoms with Gasteiger partial charge in [0.25, 0.3) is 5.91 Å². The molecular weight excluding hydrogens is 349 g/mol. The number of carbonyl (C=O) groups excluding carboxylic acids is 1. The van der Waals surface area contributed by atoms with Gasteiger partial charge in [-0.15, -0.1) is 11.3 Å². The average Bonchev–Trinajstić information content (AvgIpc) is 3.05. The van der Waals surface area contributed by atoms with Crippen LogP contribution in [0.2, 0.25) is 0 Å². The molecule has 0 spiro atoms. The largest absolute Gasteiger partial charge is 0.383 e. The quantitative estimate of drug-likeness (QED) is 0.713. The zero-order valence-corrected chi connectivity index (χ0v) is 15.1. The summed E-state index contributed by atoms with van der Waals surface area (Å²) in [7, 11) is 1.58. The normalized spacial score (nSPS) is 12.2. The Kier molecular flexibility index (Phi) is 4.88. The molecule has 126 valence electrons. The lowest BCUT2D eigenvalue weighted by Crippen LogP contribution is -2.19. The van der Waals surface area contributed by atoms with E-state index in [1.165, 1.54) is 28.7 Å². The number of aryl methyl sites for hydroxylation is 2. The highest BCUT2D eigenvalue weighted by molar-refractivity contribution is 7.16. The second-order valence-electron chi connectivity index (χ2n) is 5.18. The first kappa shape index (κ1) is 16.9. The molecule has 0 unspecified atom stereocenters. The SMILES string of the molecule is COCCn1c(=NC(=O)c2sc(C)nc2C)sc2cccc(F)c21. The Labute approximate surface area is 146 Å². The van der Waals surface area contributed by atoms with E-state index in [-0.39, 0.29) is 11.7 Å². The summed E-state index contributed by atoms with van der Waals surface area (Å²) >= 11 is 2.61. The molecule has 1 aromatic carbocycles. The van der Waals surface area contributed by atoms with Crippen LogP contribution in [-0.2, 0) is 11.3 Å². The van der Waals surface area contributed by atoms with Crippen molar-refractivity contribution < 1.29 is 13.9 Å². The number of amides is 1. The molecule has 24 heavy (non-hydrogen) atoms. The number of fused-ring (bicyclic) bond motifs is 1. The number of rotatable bonds is 4. The van der Waals surface area contributed by atoms with Crippen molar-refractivity contribution >= 4 is 38.8 Å². The summed E-state index contributed by atoms with van der Waals surface area (Å²) in [6, 6.07) is 4.87. The minimum Gasteiger partial charge on any atom is -0.383 e. The first-order valence-corrected chi connectivity index (χ1v) is 8.94. The van der Waals surface area contributed by atoms with Crippen LogP contribution in [0.1, 0.15) is 20.4 Å². The molecular formula is C16H16FN3O2S2. The molecule has 0 saturated heterocycles. The summed E-state index contributed by atoms with van der Waals surface area (Å²) in [4.78, 5) is 22.0. The lowest BCUT2D eigenvalue weighted by atomic mass is 10.3. The molecule has 0 aliphatic rings. The number of hydrogen-bond acceptors (Lipinski definition) is 5. The third kappa shape index (κ3) is 3.17. The van der Waals surface area contributed by atoms with Crippen molar-refractivity contribution in [2.75, 3.05) is 13.7 Å². The Bertz CT molecular complexity index is 972. The van der Waals surface area contributed by atoms with Gasteiger partial charge in [-0.3, -0.25) is 4.79 Å². The number of para-hydroxylation sites is 1. The van der Waals surface area contributed by atoms with Crippen molar-refractivity contribution in [3.05, 3.63) is 44.4 Å². The second-order valence-corrected chi connectivity index (χ2v) is 7.39. The number of carbonyl (C=O) groups is 1. The lowest BCUT2D eigenvalue weighted by molar-refractivity contribution is 0.100. The van der Waals surface area contributed by atoms with Crippen LogP contribution in [0.5, 0.6) is 0 Å². The molecule has 3 rings (SSSR count). The minimum absolute atomic E-state index is 0.335. The van der Waals surface area contributed by atoms with Gasteiger partial charge in [-0.05, 0) is 26.0 Å². The van der Waals surface area contributed by atoms with Gasteiger partial charge in [0.05, 0.1) is 27.5 Å². The van der Waals surface area contributed by atoms with Gasteiger partial charge in [-0.1, -0.05) is 17.4 Å². The van der Waals surface area contributed by atoms with E-state index < -0.39 is 0 Å². The first-order chi connectivity index (χ1) is 11.5. The number of halogens is 1. The van der Waals surface area contributed by atoms with E-state index in [1.54, 1.807) is 24.7 Å². The van der Waals surface area contributed by atoms with E-state index in [2.05, 4.69) is 9.98 Å². The van der Waals surface area contributed by atoms with Crippen LogP contribution in [0, 0.1) is 19.7 Å². The molecule has 2 aromatic heterocycles. The smallest absolute Gasteiger partial charge is 0.291 e. The molecule has 0 radical (unpaired) electrons. The molecule has 1 amide bonds. The second kappa shape index (κ2) is 6.92. The molecule has 0 aliphatic heterocycles. The van der Waals surface area contributed by atoms with E-state index in [0.717, 1.165) is 9.71 Å². The predicted octanol–water partition coefficient (Wildman–Crippen LogP) is 3.30. The van der Waals surface area contributed by atoms with Crippen LogP contribution in [0.25, 0.3) is 10.2 Å². The van der Waals surface area contributed by atoms with E-state index in [4.69, 9.17) is 4.74 Å². The Morgan fingerprint density at radius 1 is 1.38 bits per heavy atom. The zero-order valence-electron chi connectivity index (χ0n) is 13.5. The van der Waals surface area contributed by atoms with Crippen molar-refractivity contribution in [3.8, 4) is 0 Å². The third-order valence-electron chi connectivity index (χ3n) is 3.47. The summed E-state index contributed by atoms with van der Waals surface area (Å²) in [5.41, 5.74) is 1.12. The number of benzene rings is 1. The van der Waals surface area contributed by atoms with Crippen molar-refractivity contribution in [1.82, 2.24) is 9.55 Å². The Balaban J connectivity index is 2.15. The molecule has 5 nitrogen and oxygen atoms in total. The summed E-state index contributed by atoms with van der Waals surface area (Å²) in [5.74, 6) is -0.685. The van der Waals surface area contributed by atoms with Crippen LogP contribution < -0.4 is 4.80 Å². The highest BCUT2D eigenvalue weighted by Gasteiger charge is 2.15. The third-order valence-corrected chi connectivity index (χ3v) is 5.57. The van der Waals surface area contributed by atoms with Crippen molar-refractivity contribution in [2.24, 2.45) is 4.99 Å². The fourth-order valence-electron chi connectivity index (χ4n) is 2.43. The maximum atomic E-state index is 14.2. The maximum Gasteiger partial charge on any atom is 0.291 e. The van der Waals surface area contributed by atoms with Gasteiger partial charge < -0.3 is 9.30 Å². The van der Waals surface area contributed by atoms with Gasteiger partial charge in [0.2, 0.25) is 0 Å². The molecule has 0 N–H and O–H groups in total. The molecule has 8 heteroatoms. The minimum atomic E-state index is -0.351. The van der Waals surface area contributed by atoms with Crippen LogP contribution in [0.15, 0.2) is 23.2 Å². The summed E-state index contributed by atoms with van der Waals surface area (Å²) in [5, 5.41) is 0.820. The Morgan fingerprint density at radius 2 is 2.17 bits per heavy atom. The Hall–Kier alpha value is -1.90. The molecule has 2 heterocycles. The van der Waals surface area contributed by atoms with E-state index in [1.807, 2.05) is 13.0 Å². The highest BCUT2D eigenvalue weighted by Crippen LogP contribution is 2.21. The van der Waals surface area contributed by atoms with Crippen molar-refractivity contribution in [2.45, 2.75) is 20.4 Å². The number of methoxy groups -OCH3 is 1. The Morgan fingerprint density at radius 3 is 2.83 bits per heavy atom. The van der Waals surface area contributed by atoms with E-state index in [0.29, 0.717) is 34.0 Å². The number of nitrogens with zero attached hydrogens (tertiary/aromatic N) is 3. The average molecular weight is 365 g/mol. The van der Waals surface area contributed by atoms with Crippen LogP contribution >= 0.6 is 22.7 Å². The van der Waals surface area contributed by atoms with Gasteiger partial charge in [0.1, 0.15) is 10.7 Å². The molecule has 0 atom stereocenters. The van der Waals surface area contributed by atoms with Gasteiger partial charge in [0.15, 0.2) is 4.80 Å². The molecule has 3 aromatic rings. The first-order valence-electron chi connectivity index (χ1n) is 7.31. The van der Waals surface area contributed by atoms with Gasteiger partial charge >= 0.3 is 0 Å². The predicted molar refractivity (Wildman–Crippen MR) is 93.1 cm³/mol. The number of thiazole rings is 2.